The van der Waals surface area contributed by atoms with Gasteiger partial charge in [0, 0.05) is 5.92 Å². The number of nitrogens with one attached hydrogen (secondary N) is 1. The Morgan fingerprint density at radius 2 is 2.08 bits per heavy atom. The van der Waals surface area contributed by atoms with Crippen LogP contribution >= 0.6 is 0 Å². The van der Waals surface area contributed by atoms with E-state index in [2.05, 4.69) is 49.7 Å². The molecule has 1 heterocycles. The molecule has 2 unspecified atom stereocenters. The van der Waals surface area contributed by atoms with Crippen LogP contribution in [0.4, 0.5) is 0 Å². The van der Waals surface area contributed by atoms with Crippen LogP contribution < -0.4 is 5.32 Å². The number of allylic oxidation sites excluding steroid dienone is 2. The third-order valence-electron chi connectivity index (χ3n) is 2.67. The number of rotatable bonds is 2. The second-order valence-electron chi connectivity index (χ2n) is 4.31. The second kappa shape index (κ2) is 3.41. The number of hydrogen-bond acceptors (Lipinski definition) is 1. The molecule has 0 spiro atoms. The van der Waals surface area contributed by atoms with Gasteiger partial charge >= 0.3 is 0 Å². The Morgan fingerprint density at radius 1 is 1.31 bits per heavy atom. The summed E-state index contributed by atoms with van der Waals surface area (Å²) in [6.07, 6.45) is 12.2. The van der Waals surface area contributed by atoms with Crippen molar-refractivity contribution >= 4 is 0 Å². The molecular weight excluding hydrogens is 158 g/mol. The highest BCUT2D eigenvalue weighted by molar-refractivity contribution is 5.31. The molecule has 0 aromatic heterocycles. The van der Waals surface area contributed by atoms with E-state index in [1.165, 1.54) is 6.42 Å². The molecule has 70 valence electrons. The first-order chi connectivity index (χ1) is 6.27. The van der Waals surface area contributed by atoms with Gasteiger partial charge in [-0.3, -0.25) is 0 Å². The number of fused-ring (bicyclic) bond motifs is 1. The molecule has 0 bridgehead atoms. The molecular formula is C12H17N. The van der Waals surface area contributed by atoms with Crippen molar-refractivity contribution in [2.75, 3.05) is 0 Å². The highest BCUT2D eigenvalue weighted by atomic mass is 14.9. The zero-order chi connectivity index (χ0) is 9.26. The van der Waals surface area contributed by atoms with Crippen molar-refractivity contribution in [3.63, 3.8) is 0 Å². The van der Waals surface area contributed by atoms with Crippen LogP contribution in [0.2, 0.25) is 0 Å². The van der Waals surface area contributed by atoms with E-state index in [1.807, 2.05) is 0 Å². The Balaban J connectivity index is 2.07. The summed E-state index contributed by atoms with van der Waals surface area (Å²) in [5, 5.41) is 3.41. The summed E-state index contributed by atoms with van der Waals surface area (Å²) in [5.74, 6) is 1.37. The summed E-state index contributed by atoms with van der Waals surface area (Å²) < 4.78 is 0. The van der Waals surface area contributed by atoms with Gasteiger partial charge < -0.3 is 5.32 Å². The van der Waals surface area contributed by atoms with E-state index in [1.54, 1.807) is 5.57 Å². The minimum absolute atomic E-state index is 0.527. The monoisotopic (exact) mass is 175 g/mol. The molecule has 0 saturated heterocycles. The summed E-state index contributed by atoms with van der Waals surface area (Å²) >= 11 is 0. The molecule has 0 amide bonds. The molecule has 1 aliphatic heterocycles. The Kier molecular flexibility index (Phi) is 2.26. The maximum atomic E-state index is 3.41. The topological polar surface area (TPSA) is 12.0 Å². The smallest absolute Gasteiger partial charge is 0.0542 e. The van der Waals surface area contributed by atoms with Gasteiger partial charge in [-0.05, 0) is 24.1 Å². The lowest BCUT2D eigenvalue weighted by Crippen LogP contribution is -2.25. The average molecular weight is 175 g/mol. The van der Waals surface area contributed by atoms with Gasteiger partial charge in [0.25, 0.3) is 0 Å². The fraction of sp³-hybridized carbons (Fsp3) is 0.500. The minimum atomic E-state index is 0.527. The van der Waals surface area contributed by atoms with Crippen LogP contribution in [-0.4, -0.2) is 6.04 Å². The first kappa shape index (κ1) is 8.61. The quantitative estimate of drug-likeness (QED) is 0.680. The SMILES string of the molecule is CC(C)CC1=CNC2C=CC=CC12. The lowest BCUT2D eigenvalue weighted by Gasteiger charge is -2.19. The average Bonchev–Trinajstić information content (AvgIpc) is 2.48. The van der Waals surface area contributed by atoms with E-state index in [-0.39, 0.29) is 0 Å². The van der Waals surface area contributed by atoms with Crippen LogP contribution in [-0.2, 0) is 0 Å². The van der Waals surface area contributed by atoms with Crippen molar-refractivity contribution in [3.8, 4) is 0 Å². The first-order valence-electron chi connectivity index (χ1n) is 5.07. The van der Waals surface area contributed by atoms with E-state index in [0.29, 0.717) is 12.0 Å². The zero-order valence-electron chi connectivity index (χ0n) is 8.33. The van der Waals surface area contributed by atoms with Gasteiger partial charge in [0.2, 0.25) is 0 Å². The predicted molar refractivity (Wildman–Crippen MR) is 56.2 cm³/mol. The van der Waals surface area contributed by atoms with Crippen molar-refractivity contribution in [1.29, 1.82) is 0 Å². The molecule has 1 heteroatoms. The predicted octanol–water partition coefficient (Wildman–Crippen LogP) is 2.63. The standard InChI is InChI=1S/C12H17N/c1-9(2)7-10-8-13-12-6-4-3-5-11(10)12/h3-6,8-9,11-13H,7H2,1-2H3. The molecule has 13 heavy (non-hydrogen) atoms. The van der Waals surface area contributed by atoms with Crippen LogP contribution in [0, 0.1) is 11.8 Å². The third kappa shape index (κ3) is 1.69. The van der Waals surface area contributed by atoms with Crippen LogP contribution in [0.25, 0.3) is 0 Å². The normalized spacial score (nSPS) is 30.2. The first-order valence-corrected chi connectivity index (χ1v) is 5.07. The molecule has 1 aliphatic carbocycles. The Bertz CT molecular complexity index is 271. The van der Waals surface area contributed by atoms with Gasteiger partial charge in [-0.15, -0.1) is 0 Å². The molecule has 0 fully saturated rings. The van der Waals surface area contributed by atoms with Crippen LogP contribution in [0.5, 0.6) is 0 Å². The Hall–Kier alpha value is -0.980. The molecule has 0 aromatic rings. The Morgan fingerprint density at radius 3 is 2.85 bits per heavy atom. The van der Waals surface area contributed by atoms with Crippen LogP contribution in [0.1, 0.15) is 20.3 Å². The van der Waals surface area contributed by atoms with Gasteiger partial charge in [-0.2, -0.15) is 0 Å². The second-order valence-corrected chi connectivity index (χ2v) is 4.31. The van der Waals surface area contributed by atoms with Crippen molar-refractivity contribution in [2.24, 2.45) is 11.8 Å². The van der Waals surface area contributed by atoms with Crippen LogP contribution in [0.15, 0.2) is 36.1 Å². The molecule has 0 aromatic carbocycles. The van der Waals surface area contributed by atoms with Crippen molar-refractivity contribution < 1.29 is 0 Å². The largest absolute Gasteiger partial charge is 0.384 e. The van der Waals surface area contributed by atoms with Crippen molar-refractivity contribution in [1.82, 2.24) is 5.32 Å². The lowest BCUT2D eigenvalue weighted by molar-refractivity contribution is 0.569. The molecule has 0 saturated carbocycles. The summed E-state index contributed by atoms with van der Waals surface area (Å²) in [6, 6.07) is 0.527. The fourth-order valence-electron chi connectivity index (χ4n) is 2.09. The Labute approximate surface area is 80.2 Å². The molecule has 2 aliphatic rings. The molecule has 2 rings (SSSR count). The molecule has 1 N–H and O–H groups in total. The third-order valence-corrected chi connectivity index (χ3v) is 2.67. The van der Waals surface area contributed by atoms with E-state index in [0.717, 1.165) is 5.92 Å². The van der Waals surface area contributed by atoms with Gasteiger partial charge in [-0.25, -0.2) is 0 Å². The zero-order valence-corrected chi connectivity index (χ0v) is 8.33. The molecule has 1 nitrogen and oxygen atoms in total. The van der Waals surface area contributed by atoms with Crippen LogP contribution in [0.3, 0.4) is 0 Å². The summed E-state index contributed by atoms with van der Waals surface area (Å²) in [4.78, 5) is 0. The van der Waals surface area contributed by atoms with E-state index in [4.69, 9.17) is 0 Å². The van der Waals surface area contributed by atoms with Gasteiger partial charge in [0.15, 0.2) is 0 Å². The highest BCUT2D eigenvalue weighted by Gasteiger charge is 2.26. The molecule has 0 radical (unpaired) electrons. The maximum Gasteiger partial charge on any atom is 0.0542 e. The van der Waals surface area contributed by atoms with Gasteiger partial charge in [0.05, 0.1) is 6.04 Å². The van der Waals surface area contributed by atoms with Gasteiger partial charge in [0.1, 0.15) is 0 Å². The summed E-state index contributed by atoms with van der Waals surface area (Å²) in [7, 11) is 0. The maximum absolute atomic E-state index is 3.41. The fourth-order valence-corrected chi connectivity index (χ4v) is 2.09. The van der Waals surface area contributed by atoms with E-state index >= 15 is 0 Å². The number of hydrogen-bond donors (Lipinski definition) is 1. The van der Waals surface area contributed by atoms with Gasteiger partial charge in [-0.1, -0.05) is 38.2 Å². The summed E-state index contributed by atoms with van der Waals surface area (Å²) in [6.45, 7) is 4.55. The summed E-state index contributed by atoms with van der Waals surface area (Å²) in [5.41, 5.74) is 1.56. The minimum Gasteiger partial charge on any atom is -0.384 e. The molecule has 2 atom stereocenters. The van der Waals surface area contributed by atoms with E-state index < -0.39 is 0 Å². The van der Waals surface area contributed by atoms with Crippen molar-refractivity contribution in [3.05, 3.63) is 36.1 Å². The highest BCUT2D eigenvalue weighted by Crippen LogP contribution is 2.30. The van der Waals surface area contributed by atoms with Crippen molar-refractivity contribution in [2.45, 2.75) is 26.3 Å². The van der Waals surface area contributed by atoms with E-state index in [9.17, 15) is 0 Å². The lowest BCUT2D eigenvalue weighted by atomic mass is 9.87.